The molecule has 1 aliphatic rings. The Morgan fingerprint density at radius 1 is 1.39 bits per heavy atom. The van der Waals surface area contributed by atoms with Crippen LogP contribution in [-0.4, -0.2) is 24.2 Å². The molecule has 3 nitrogen and oxygen atoms in total. The Balaban J connectivity index is 1.90. The van der Waals surface area contributed by atoms with Gasteiger partial charge in [-0.05, 0) is 30.9 Å². The fourth-order valence-electron chi connectivity index (χ4n) is 1.87. The SMILES string of the molecule is C/C(=C/C(=O)NCC1(CO)CC1)c1ccccc1. The number of hydrogen-bond acceptors (Lipinski definition) is 2. The lowest BCUT2D eigenvalue weighted by Crippen LogP contribution is -2.30. The Morgan fingerprint density at radius 2 is 2.06 bits per heavy atom. The van der Waals surface area contributed by atoms with Crippen LogP contribution < -0.4 is 5.32 Å². The highest BCUT2D eigenvalue weighted by Gasteiger charge is 2.41. The van der Waals surface area contributed by atoms with Crippen LogP contribution in [0.5, 0.6) is 0 Å². The van der Waals surface area contributed by atoms with Gasteiger partial charge in [0.1, 0.15) is 0 Å². The fraction of sp³-hybridized carbons (Fsp3) is 0.400. The summed E-state index contributed by atoms with van der Waals surface area (Å²) in [5.41, 5.74) is 1.96. The summed E-state index contributed by atoms with van der Waals surface area (Å²) in [6, 6.07) is 9.82. The molecule has 1 aromatic carbocycles. The van der Waals surface area contributed by atoms with Crippen molar-refractivity contribution in [1.29, 1.82) is 0 Å². The third kappa shape index (κ3) is 3.20. The Kier molecular flexibility index (Phi) is 3.82. The van der Waals surface area contributed by atoms with Crippen molar-refractivity contribution in [3.63, 3.8) is 0 Å². The van der Waals surface area contributed by atoms with Crippen molar-refractivity contribution >= 4 is 11.5 Å². The van der Waals surface area contributed by atoms with E-state index in [0.717, 1.165) is 24.0 Å². The van der Waals surface area contributed by atoms with Gasteiger partial charge in [0.2, 0.25) is 5.91 Å². The summed E-state index contributed by atoms with van der Waals surface area (Å²) in [4.78, 5) is 11.7. The van der Waals surface area contributed by atoms with Gasteiger partial charge in [0, 0.05) is 18.0 Å². The minimum absolute atomic E-state index is 0.0375. The van der Waals surface area contributed by atoms with E-state index in [1.54, 1.807) is 6.08 Å². The molecular formula is C15H19NO2. The van der Waals surface area contributed by atoms with E-state index in [1.165, 1.54) is 0 Å². The number of allylic oxidation sites excluding steroid dienone is 1. The summed E-state index contributed by atoms with van der Waals surface area (Å²) < 4.78 is 0. The molecule has 1 fully saturated rings. The summed E-state index contributed by atoms with van der Waals surface area (Å²) >= 11 is 0. The number of aliphatic hydroxyl groups is 1. The van der Waals surface area contributed by atoms with Gasteiger partial charge in [-0.1, -0.05) is 30.3 Å². The van der Waals surface area contributed by atoms with E-state index in [4.69, 9.17) is 5.11 Å². The van der Waals surface area contributed by atoms with Gasteiger partial charge in [-0.25, -0.2) is 0 Å². The molecule has 1 saturated carbocycles. The molecule has 0 bridgehead atoms. The average molecular weight is 245 g/mol. The zero-order chi connectivity index (χ0) is 13.0. The maximum atomic E-state index is 11.7. The summed E-state index contributed by atoms with van der Waals surface area (Å²) in [5.74, 6) is -0.0870. The van der Waals surface area contributed by atoms with E-state index in [2.05, 4.69) is 5.32 Å². The zero-order valence-corrected chi connectivity index (χ0v) is 10.6. The van der Waals surface area contributed by atoms with Crippen LogP contribution in [0.1, 0.15) is 25.3 Å². The monoisotopic (exact) mass is 245 g/mol. The van der Waals surface area contributed by atoms with E-state index < -0.39 is 0 Å². The Morgan fingerprint density at radius 3 is 2.61 bits per heavy atom. The van der Waals surface area contributed by atoms with E-state index in [1.807, 2.05) is 37.3 Å². The summed E-state index contributed by atoms with van der Waals surface area (Å²) in [6.07, 6.45) is 3.62. The number of rotatable bonds is 5. The van der Waals surface area contributed by atoms with Gasteiger partial charge in [0.05, 0.1) is 6.61 Å². The molecule has 0 spiro atoms. The van der Waals surface area contributed by atoms with Crippen molar-refractivity contribution in [2.75, 3.05) is 13.2 Å². The Bertz CT molecular complexity index is 447. The fourth-order valence-corrected chi connectivity index (χ4v) is 1.87. The highest BCUT2D eigenvalue weighted by Crippen LogP contribution is 2.44. The molecule has 0 heterocycles. The maximum Gasteiger partial charge on any atom is 0.244 e. The predicted molar refractivity (Wildman–Crippen MR) is 71.9 cm³/mol. The third-order valence-corrected chi connectivity index (χ3v) is 3.51. The second-order valence-electron chi connectivity index (χ2n) is 5.07. The third-order valence-electron chi connectivity index (χ3n) is 3.51. The van der Waals surface area contributed by atoms with Crippen molar-refractivity contribution in [3.05, 3.63) is 42.0 Å². The van der Waals surface area contributed by atoms with E-state index in [0.29, 0.717) is 6.54 Å². The molecule has 2 N–H and O–H groups in total. The first-order chi connectivity index (χ1) is 8.65. The first-order valence-electron chi connectivity index (χ1n) is 6.28. The van der Waals surface area contributed by atoms with E-state index >= 15 is 0 Å². The Hall–Kier alpha value is -1.61. The van der Waals surface area contributed by atoms with Gasteiger partial charge >= 0.3 is 0 Å². The van der Waals surface area contributed by atoms with Gasteiger partial charge in [-0.15, -0.1) is 0 Å². The molecule has 0 radical (unpaired) electrons. The standard InChI is InChI=1S/C15H19NO2/c1-12(13-5-3-2-4-6-13)9-14(18)16-10-15(11-17)7-8-15/h2-6,9,17H,7-8,10-11H2,1H3,(H,16,18)/b12-9-. The maximum absolute atomic E-state index is 11.7. The number of carbonyl (C=O) groups excluding carboxylic acids is 1. The molecule has 1 amide bonds. The predicted octanol–water partition coefficient (Wildman–Crippen LogP) is 1.98. The second-order valence-corrected chi connectivity index (χ2v) is 5.07. The van der Waals surface area contributed by atoms with Crippen LogP contribution in [0.3, 0.4) is 0 Å². The number of aliphatic hydroxyl groups excluding tert-OH is 1. The van der Waals surface area contributed by atoms with Crippen LogP contribution in [0.2, 0.25) is 0 Å². The largest absolute Gasteiger partial charge is 0.396 e. The lowest BCUT2D eigenvalue weighted by molar-refractivity contribution is -0.116. The smallest absolute Gasteiger partial charge is 0.244 e. The molecule has 18 heavy (non-hydrogen) atoms. The molecule has 1 aliphatic carbocycles. The van der Waals surface area contributed by atoms with Crippen LogP contribution in [0.25, 0.3) is 5.57 Å². The van der Waals surface area contributed by atoms with Crippen molar-refractivity contribution in [3.8, 4) is 0 Å². The first kappa shape index (κ1) is 12.8. The molecule has 0 unspecified atom stereocenters. The quantitative estimate of drug-likeness (QED) is 0.779. The summed E-state index contributed by atoms with van der Waals surface area (Å²) in [5, 5.41) is 12.0. The van der Waals surface area contributed by atoms with Crippen LogP contribution in [0.4, 0.5) is 0 Å². The van der Waals surface area contributed by atoms with E-state index in [-0.39, 0.29) is 17.9 Å². The minimum atomic E-state index is -0.0870. The van der Waals surface area contributed by atoms with Crippen LogP contribution in [0.15, 0.2) is 36.4 Å². The molecule has 1 aromatic rings. The number of carbonyl (C=O) groups is 1. The van der Waals surface area contributed by atoms with Crippen LogP contribution >= 0.6 is 0 Å². The second kappa shape index (κ2) is 5.36. The minimum Gasteiger partial charge on any atom is -0.396 e. The highest BCUT2D eigenvalue weighted by molar-refractivity contribution is 5.94. The molecule has 2 rings (SSSR count). The normalized spacial score (nSPS) is 17.3. The lowest BCUT2D eigenvalue weighted by Gasteiger charge is -2.11. The van der Waals surface area contributed by atoms with Crippen molar-refractivity contribution in [2.24, 2.45) is 5.41 Å². The molecule has 0 aromatic heterocycles. The van der Waals surface area contributed by atoms with Crippen LogP contribution in [0, 0.1) is 5.41 Å². The Labute approximate surface area is 108 Å². The van der Waals surface area contributed by atoms with Gasteiger partial charge in [-0.3, -0.25) is 4.79 Å². The number of nitrogens with one attached hydrogen (secondary N) is 1. The summed E-state index contributed by atoms with van der Waals surface area (Å²) in [7, 11) is 0. The first-order valence-corrected chi connectivity index (χ1v) is 6.28. The van der Waals surface area contributed by atoms with Crippen molar-refractivity contribution < 1.29 is 9.90 Å². The highest BCUT2D eigenvalue weighted by atomic mass is 16.3. The van der Waals surface area contributed by atoms with Crippen molar-refractivity contribution in [1.82, 2.24) is 5.32 Å². The number of benzene rings is 1. The number of hydrogen-bond donors (Lipinski definition) is 2. The van der Waals surface area contributed by atoms with E-state index in [9.17, 15) is 4.79 Å². The lowest BCUT2D eigenvalue weighted by atomic mass is 10.1. The molecule has 0 saturated heterocycles. The van der Waals surface area contributed by atoms with Gasteiger partial charge in [0.25, 0.3) is 0 Å². The zero-order valence-electron chi connectivity index (χ0n) is 10.6. The topological polar surface area (TPSA) is 49.3 Å². The average Bonchev–Trinajstić information content (AvgIpc) is 3.18. The number of amides is 1. The molecule has 0 aliphatic heterocycles. The molecule has 0 atom stereocenters. The molecule has 96 valence electrons. The van der Waals surface area contributed by atoms with Gasteiger partial charge in [-0.2, -0.15) is 0 Å². The van der Waals surface area contributed by atoms with Gasteiger partial charge < -0.3 is 10.4 Å². The molecular weight excluding hydrogens is 226 g/mol. The molecule has 3 heteroatoms. The summed E-state index contributed by atoms with van der Waals surface area (Å²) in [6.45, 7) is 2.66. The van der Waals surface area contributed by atoms with Gasteiger partial charge in [0.15, 0.2) is 0 Å². The van der Waals surface area contributed by atoms with Crippen molar-refractivity contribution in [2.45, 2.75) is 19.8 Å². The van der Waals surface area contributed by atoms with Crippen LogP contribution in [-0.2, 0) is 4.79 Å².